The molecular formula is C28H34N2O5. The van der Waals surface area contributed by atoms with Crippen LogP contribution >= 0.6 is 0 Å². The summed E-state index contributed by atoms with van der Waals surface area (Å²) in [5.74, 6) is -2.51. The van der Waals surface area contributed by atoms with E-state index in [9.17, 15) is 19.5 Å². The molecule has 1 aliphatic rings. The topological polar surface area (TPSA) is 105 Å². The minimum atomic E-state index is -0.957. The average Bonchev–Trinajstić information content (AvgIpc) is 2.86. The minimum Gasteiger partial charge on any atom is -0.463 e. The van der Waals surface area contributed by atoms with Gasteiger partial charge < -0.3 is 20.5 Å². The van der Waals surface area contributed by atoms with Gasteiger partial charge in [0.1, 0.15) is 12.5 Å². The summed E-state index contributed by atoms with van der Waals surface area (Å²) in [5, 5.41) is 14.9. The van der Waals surface area contributed by atoms with Crippen LogP contribution in [0.5, 0.6) is 0 Å². The highest BCUT2D eigenvalue weighted by molar-refractivity contribution is 6.00. The number of hydrogen-bond acceptors (Lipinski definition) is 5. The summed E-state index contributed by atoms with van der Waals surface area (Å²) < 4.78 is 5.69. The number of benzene rings is 2. The number of amides is 2. The Morgan fingerprint density at radius 3 is 2.23 bits per heavy atom. The zero-order chi connectivity index (χ0) is 25.0. The molecule has 2 aromatic carbocycles. The van der Waals surface area contributed by atoms with Gasteiger partial charge in [0.2, 0.25) is 11.8 Å². The van der Waals surface area contributed by atoms with Gasteiger partial charge in [0.25, 0.3) is 0 Å². The lowest BCUT2D eigenvalue weighted by Crippen LogP contribution is -2.49. The Labute approximate surface area is 206 Å². The van der Waals surface area contributed by atoms with E-state index in [-0.39, 0.29) is 31.5 Å². The summed E-state index contributed by atoms with van der Waals surface area (Å²) in [5.41, 5.74) is 2.02. The van der Waals surface area contributed by atoms with E-state index in [1.54, 1.807) is 13.0 Å². The van der Waals surface area contributed by atoms with E-state index in [2.05, 4.69) is 10.6 Å². The van der Waals surface area contributed by atoms with Gasteiger partial charge in [-0.2, -0.15) is 0 Å². The fraction of sp³-hybridized carbons (Fsp3) is 0.393. The fourth-order valence-electron chi connectivity index (χ4n) is 4.03. The van der Waals surface area contributed by atoms with Crippen molar-refractivity contribution in [3.05, 3.63) is 83.9 Å². The lowest BCUT2D eigenvalue weighted by Gasteiger charge is -2.24. The Morgan fingerprint density at radius 2 is 1.60 bits per heavy atom. The van der Waals surface area contributed by atoms with Gasteiger partial charge in [-0.15, -0.1) is 0 Å². The molecule has 2 aromatic rings. The summed E-state index contributed by atoms with van der Waals surface area (Å²) in [6, 6.07) is 18.4. The SMILES string of the molecule is C[C@@H](CO)NC(=O)C1CC=CCC(Cc2ccccc2)C(=O)OCC(Cc2ccccc2)NC1=O. The first-order chi connectivity index (χ1) is 17.0. The third-order valence-corrected chi connectivity index (χ3v) is 6.01. The molecule has 1 heterocycles. The van der Waals surface area contributed by atoms with Gasteiger partial charge in [0.05, 0.1) is 18.6 Å². The lowest BCUT2D eigenvalue weighted by atomic mass is 9.94. The Bertz CT molecular complexity index is 993. The highest BCUT2D eigenvalue weighted by Crippen LogP contribution is 2.18. The number of ether oxygens (including phenoxy) is 1. The minimum absolute atomic E-state index is 0.00978. The molecule has 0 saturated heterocycles. The molecule has 0 aliphatic carbocycles. The maximum Gasteiger partial charge on any atom is 0.309 e. The van der Waals surface area contributed by atoms with Crippen molar-refractivity contribution in [1.29, 1.82) is 0 Å². The van der Waals surface area contributed by atoms with Gasteiger partial charge >= 0.3 is 5.97 Å². The van der Waals surface area contributed by atoms with E-state index in [1.807, 2.05) is 66.7 Å². The maximum atomic E-state index is 13.1. The van der Waals surface area contributed by atoms with Gasteiger partial charge in [-0.3, -0.25) is 14.4 Å². The molecular weight excluding hydrogens is 444 g/mol. The third kappa shape index (κ3) is 8.37. The van der Waals surface area contributed by atoms with E-state index >= 15 is 0 Å². The summed E-state index contributed by atoms with van der Waals surface area (Å²) >= 11 is 0. The molecule has 4 atom stereocenters. The Balaban J connectivity index is 1.82. The van der Waals surface area contributed by atoms with Crippen molar-refractivity contribution in [2.45, 2.75) is 44.7 Å². The third-order valence-electron chi connectivity index (χ3n) is 6.01. The first kappa shape index (κ1) is 26.2. The maximum absolute atomic E-state index is 13.1. The van der Waals surface area contributed by atoms with Gasteiger partial charge in [-0.25, -0.2) is 0 Å². The largest absolute Gasteiger partial charge is 0.463 e. The number of aliphatic hydroxyl groups is 1. The highest BCUT2D eigenvalue weighted by Gasteiger charge is 2.30. The van der Waals surface area contributed by atoms with Gasteiger partial charge in [-0.1, -0.05) is 72.8 Å². The van der Waals surface area contributed by atoms with Crippen molar-refractivity contribution in [3.8, 4) is 0 Å². The van der Waals surface area contributed by atoms with Crippen molar-refractivity contribution in [2.24, 2.45) is 11.8 Å². The number of carbonyl (C=O) groups is 3. The molecule has 3 rings (SSSR count). The smallest absolute Gasteiger partial charge is 0.309 e. The predicted molar refractivity (Wildman–Crippen MR) is 133 cm³/mol. The Kier molecular flexibility index (Phi) is 10.0. The molecule has 0 fully saturated rings. The van der Waals surface area contributed by atoms with Crippen molar-refractivity contribution < 1.29 is 24.2 Å². The highest BCUT2D eigenvalue weighted by atomic mass is 16.5. The monoisotopic (exact) mass is 478 g/mol. The molecule has 1 aliphatic heterocycles. The number of nitrogens with one attached hydrogen (secondary N) is 2. The van der Waals surface area contributed by atoms with Crippen LogP contribution in [0.4, 0.5) is 0 Å². The standard InChI is InChI=1S/C28H34N2O5/c1-20(18-31)29-26(32)25-15-9-8-14-23(16-21-10-4-2-5-11-21)28(34)35-19-24(30-27(25)33)17-22-12-6-3-7-13-22/h2-13,20,23-25,31H,14-19H2,1H3,(H,29,32)(H,30,33)/t20-,23?,24?,25?/m0/s1. The molecule has 0 spiro atoms. The van der Waals surface area contributed by atoms with Crippen LogP contribution in [-0.4, -0.2) is 48.2 Å². The Hall–Kier alpha value is -3.45. The summed E-state index contributed by atoms with van der Waals surface area (Å²) in [6.07, 6.45) is 5.24. The van der Waals surface area contributed by atoms with Crippen molar-refractivity contribution in [2.75, 3.05) is 13.2 Å². The van der Waals surface area contributed by atoms with Crippen LogP contribution in [-0.2, 0) is 32.0 Å². The van der Waals surface area contributed by atoms with Gasteiger partial charge in [0, 0.05) is 6.04 Å². The van der Waals surface area contributed by atoms with E-state index in [0.29, 0.717) is 19.3 Å². The summed E-state index contributed by atoms with van der Waals surface area (Å²) in [7, 11) is 0. The lowest BCUT2D eigenvalue weighted by molar-refractivity contribution is -0.150. The second-order valence-electron chi connectivity index (χ2n) is 9.00. The number of carbonyl (C=O) groups excluding carboxylic acids is 3. The van der Waals surface area contributed by atoms with Crippen LogP contribution in [0, 0.1) is 11.8 Å². The average molecular weight is 479 g/mol. The van der Waals surface area contributed by atoms with Crippen LogP contribution in [0.15, 0.2) is 72.8 Å². The molecule has 0 bridgehead atoms. The second kappa shape index (κ2) is 13.4. The molecule has 0 saturated carbocycles. The van der Waals surface area contributed by atoms with E-state index in [1.165, 1.54) is 0 Å². The molecule has 0 aromatic heterocycles. The van der Waals surface area contributed by atoms with Crippen molar-refractivity contribution in [1.82, 2.24) is 10.6 Å². The van der Waals surface area contributed by atoms with Crippen molar-refractivity contribution in [3.63, 3.8) is 0 Å². The van der Waals surface area contributed by atoms with E-state index in [4.69, 9.17) is 4.74 Å². The van der Waals surface area contributed by atoms with Gasteiger partial charge in [-0.05, 0) is 43.7 Å². The number of rotatable bonds is 7. The summed E-state index contributed by atoms with van der Waals surface area (Å²) in [6.45, 7) is 1.46. The zero-order valence-corrected chi connectivity index (χ0v) is 20.1. The molecule has 186 valence electrons. The van der Waals surface area contributed by atoms with E-state index < -0.39 is 29.8 Å². The van der Waals surface area contributed by atoms with E-state index in [0.717, 1.165) is 11.1 Å². The molecule has 7 heteroatoms. The Morgan fingerprint density at radius 1 is 1.00 bits per heavy atom. The first-order valence-corrected chi connectivity index (χ1v) is 12.1. The molecule has 3 N–H and O–H groups in total. The summed E-state index contributed by atoms with van der Waals surface area (Å²) in [4.78, 5) is 38.9. The van der Waals surface area contributed by atoms with Crippen molar-refractivity contribution >= 4 is 17.8 Å². The quantitative estimate of drug-likeness (QED) is 0.322. The van der Waals surface area contributed by atoms with Crippen LogP contribution in [0.3, 0.4) is 0 Å². The second-order valence-corrected chi connectivity index (χ2v) is 9.00. The molecule has 0 radical (unpaired) electrons. The first-order valence-electron chi connectivity index (χ1n) is 12.1. The normalized spacial score (nSPS) is 22.2. The van der Waals surface area contributed by atoms with Crippen LogP contribution < -0.4 is 10.6 Å². The number of esters is 1. The number of hydrogen-bond donors (Lipinski definition) is 3. The molecule has 7 nitrogen and oxygen atoms in total. The number of cyclic esters (lactones) is 1. The van der Waals surface area contributed by atoms with Crippen LogP contribution in [0.1, 0.15) is 30.9 Å². The van der Waals surface area contributed by atoms with Gasteiger partial charge in [0.15, 0.2) is 0 Å². The molecule has 35 heavy (non-hydrogen) atoms. The molecule has 3 unspecified atom stereocenters. The number of allylic oxidation sites excluding steroid dienone is 2. The number of aliphatic hydroxyl groups excluding tert-OH is 1. The van der Waals surface area contributed by atoms with Crippen LogP contribution in [0.25, 0.3) is 0 Å². The van der Waals surface area contributed by atoms with Crippen LogP contribution in [0.2, 0.25) is 0 Å². The fourth-order valence-corrected chi connectivity index (χ4v) is 4.03. The zero-order valence-electron chi connectivity index (χ0n) is 20.1. The predicted octanol–water partition coefficient (Wildman–Crippen LogP) is 2.58. The molecule has 2 amide bonds.